The molecule has 2 aliphatic carbocycles. The minimum Gasteiger partial charge on any atom is -0.394 e. The van der Waals surface area contributed by atoms with Crippen LogP contribution in [-0.4, -0.2) is 144 Å². The molecule has 1 saturated heterocycles. The number of hydrogen-bond donors (Lipinski definition) is 11. The molecule has 1 aliphatic heterocycles. The third-order valence-electron chi connectivity index (χ3n) is 7.10. The molecule has 11 N–H and O–H groups in total. The van der Waals surface area contributed by atoms with E-state index >= 15 is 0 Å². The van der Waals surface area contributed by atoms with Gasteiger partial charge in [0.1, 0.15) is 48.8 Å². The van der Waals surface area contributed by atoms with Crippen molar-refractivity contribution in [1.82, 2.24) is 5.32 Å². The van der Waals surface area contributed by atoms with Crippen molar-refractivity contribution in [2.24, 2.45) is 5.92 Å². The zero-order valence-electron chi connectivity index (χ0n) is 18.8. The second kappa shape index (κ2) is 11.5. The normalized spacial score (nSPS) is 50.1. The lowest BCUT2D eigenvalue weighted by Crippen LogP contribution is -2.64. The molecule has 0 aromatic carbocycles. The first-order valence-electron chi connectivity index (χ1n) is 11.5. The summed E-state index contributed by atoms with van der Waals surface area (Å²) in [6.07, 6.45) is -13.9. The molecule has 13 nitrogen and oxygen atoms in total. The fourth-order valence-electron chi connectivity index (χ4n) is 4.85. The topological polar surface area (TPSA) is 233 Å². The van der Waals surface area contributed by atoms with E-state index in [9.17, 15) is 51.1 Å². The molecule has 198 valence electrons. The second-order valence-corrected chi connectivity index (χ2v) is 9.32. The van der Waals surface area contributed by atoms with Gasteiger partial charge >= 0.3 is 0 Å². The Labute approximate surface area is 196 Å². The Morgan fingerprint density at radius 3 is 2.12 bits per heavy atom. The van der Waals surface area contributed by atoms with E-state index in [1.54, 1.807) is 13.0 Å². The monoisotopic (exact) mass is 495 g/mol. The lowest BCUT2D eigenvalue weighted by Gasteiger charge is -2.45. The Morgan fingerprint density at radius 2 is 1.50 bits per heavy atom. The van der Waals surface area contributed by atoms with Gasteiger partial charge in [-0.3, -0.25) is 0 Å². The first kappa shape index (κ1) is 27.8. The highest BCUT2D eigenvalue weighted by Gasteiger charge is 2.47. The summed E-state index contributed by atoms with van der Waals surface area (Å²) in [5.74, 6) is -0.783. The summed E-state index contributed by atoms with van der Waals surface area (Å²) in [6, 6.07) is -1.69. The molecular formula is C21H37NO12. The molecule has 2 fully saturated rings. The molecule has 14 atom stereocenters. The van der Waals surface area contributed by atoms with E-state index in [1.807, 2.05) is 0 Å². The summed E-state index contributed by atoms with van der Waals surface area (Å²) in [6.45, 7) is 0.861. The summed E-state index contributed by atoms with van der Waals surface area (Å²) >= 11 is 0. The summed E-state index contributed by atoms with van der Waals surface area (Å²) in [5, 5.41) is 104. The Morgan fingerprint density at radius 1 is 0.853 bits per heavy atom. The zero-order valence-corrected chi connectivity index (χ0v) is 18.8. The number of rotatable bonds is 7. The van der Waals surface area contributed by atoms with Gasteiger partial charge < -0.3 is 65.9 Å². The molecule has 0 amide bonds. The highest BCUT2D eigenvalue weighted by molar-refractivity contribution is 5.21. The SMILES string of the molecule is CCC1=CC(NC2CC(COC3OC(CO)C(O)C(O)C3O)C(O)C(O)C2O)C(O)C(O)C1O. The van der Waals surface area contributed by atoms with Gasteiger partial charge in [-0.05, 0) is 18.4 Å². The number of ether oxygens (including phenoxy) is 2. The summed E-state index contributed by atoms with van der Waals surface area (Å²) in [4.78, 5) is 0. The summed E-state index contributed by atoms with van der Waals surface area (Å²) in [5.41, 5.74) is 0.503. The van der Waals surface area contributed by atoms with Crippen molar-refractivity contribution in [2.75, 3.05) is 13.2 Å². The van der Waals surface area contributed by atoms with E-state index in [0.29, 0.717) is 12.0 Å². The maximum atomic E-state index is 10.5. The van der Waals surface area contributed by atoms with E-state index in [4.69, 9.17) is 9.47 Å². The molecule has 0 radical (unpaired) electrons. The molecule has 34 heavy (non-hydrogen) atoms. The van der Waals surface area contributed by atoms with Gasteiger partial charge in [-0.2, -0.15) is 0 Å². The Kier molecular flexibility index (Phi) is 9.42. The Bertz CT molecular complexity index is 695. The quantitative estimate of drug-likeness (QED) is 0.148. The van der Waals surface area contributed by atoms with Crippen LogP contribution < -0.4 is 5.32 Å². The molecule has 1 heterocycles. The van der Waals surface area contributed by atoms with Crippen LogP contribution in [0.2, 0.25) is 0 Å². The van der Waals surface area contributed by atoms with E-state index in [2.05, 4.69) is 5.32 Å². The summed E-state index contributed by atoms with van der Waals surface area (Å²) in [7, 11) is 0. The van der Waals surface area contributed by atoms with Gasteiger partial charge in [0.2, 0.25) is 0 Å². The van der Waals surface area contributed by atoms with Crippen molar-refractivity contribution in [3.8, 4) is 0 Å². The fraction of sp³-hybridized carbons (Fsp3) is 0.905. The summed E-state index contributed by atoms with van der Waals surface area (Å²) < 4.78 is 10.8. The maximum absolute atomic E-state index is 10.5. The molecule has 0 aromatic rings. The predicted octanol–water partition coefficient (Wildman–Crippen LogP) is -5.33. The van der Waals surface area contributed by atoms with Crippen LogP contribution in [0, 0.1) is 5.92 Å². The van der Waals surface area contributed by atoms with Crippen LogP contribution in [0.1, 0.15) is 19.8 Å². The standard InChI is InChI=1S/C21H37NO12/c1-2-7-3-9(14(26)17(29)12(7)24)22-10-4-8(13(25)18(30)15(10)27)6-33-21-20(32)19(31)16(28)11(5-23)34-21/h3,8-32H,2,4-6H2,1H3. The Hall–Kier alpha value is -0.780. The van der Waals surface area contributed by atoms with Gasteiger partial charge in [-0.25, -0.2) is 0 Å². The first-order chi connectivity index (χ1) is 16.0. The van der Waals surface area contributed by atoms with Crippen LogP contribution in [0.15, 0.2) is 11.6 Å². The van der Waals surface area contributed by atoms with Crippen molar-refractivity contribution < 1.29 is 60.5 Å². The maximum Gasteiger partial charge on any atom is 0.186 e. The van der Waals surface area contributed by atoms with Gasteiger partial charge in [-0.1, -0.05) is 13.0 Å². The number of hydrogen-bond acceptors (Lipinski definition) is 13. The minimum atomic E-state index is -1.64. The fourth-order valence-corrected chi connectivity index (χ4v) is 4.85. The van der Waals surface area contributed by atoms with Crippen LogP contribution >= 0.6 is 0 Å². The van der Waals surface area contributed by atoms with E-state index in [1.165, 1.54) is 0 Å². The number of aliphatic hydroxyl groups is 10. The highest BCUT2D eigenvalue weighted by Crippen LogP contribution is 2.30. The van der Waals surface area contributed by atoms with Crippen molar-refractivity contribution >= 4 is 0 Å². The largest absolute Gasteiger partial charge is 0.394 e. The molecular weight excluding hydrogens is 458 g/mol. The molecule has 1 saturated carbocycles. The van der Waals surface area contributed by atoms with Crippen molar-refractivity contribution in [1.29, 1.82) is 0 Å². The van der Waals surface area contributed by atoms with Gasteiger partial charge in [-0.15, -0.1) is 0 Å². The van der Waals surface area contributed by atoms with Gasteiger partial charge in [0.15, 0.2) is 6.29 Å². The van der Waals surface area contributed by atoms with Crippen LogP contribution in [0.4, 0.5) is 0 Å². The average molecular weight is 496 g/mol. The third-order valence-corrected chi connectivity index (χ3v) is 7.10. The van der Waals surface area contributed by atoms with Crippen molar-refractivity contribution in [2.45, 2.75) is 99.2 Å². The lowest BCUT2D eigenvalue weighted by atomic mass is 9.78. The average Bonchev–Trinajstić information content (AvgIpc) is 2.83. The zero-order chi connectivity index (χ0) is 25.3. The number of nitrogens with one attached hydrogen (secondary N) is 1. The smallest absolute Gasteiger partial charge is 0.186 e. The third kappa shape index (κ3) is 5.47. The first-order valence-corrected chi connectivity index (χ1v) is 11.5. The molecule has 3 aliphatic rings. The second-order valence-electron chi connectivity index (χ2n) is 9.32. The van der Waals surface area contributed by atoms with E-state index in [0.717, 1.165) is 0 Å². The molecule has 0 spiro atoms. The highest BCUT2D eigenvalue weighted by atomic mass is 16.7. The van der Waals surface area contributed by atoms with Gasteiger partial charge in [0, 0.05) is 12.0 Å². The van der Waals surface area contributed by atoms with Crippen LogP contribution in [0.25, 0.3) is 0 Å². The van der Waals surface area contributed by atoms with Gasteiger partial charge in [0.05, 0.1) is 31.5 Å². The number of aliphatic hydroxyl groups excluding tert-OH is 10. The van der Waals surface area contributed by atoms with Crippen molar-refractivity contribution in [3.05, 3.63) is 11.6 Å². The molecule has 0 aromatic heterocycles. The molecule has 14 unspecified atom stereocenters. The lowest BCUT2D eigenvalue weighted by molar-refractivity contribution is -0.306. The van der Waals surface area contributed by atoms with Gasteiger partial charge in [0.25, 0.3) is 0 Å². The molecule has 3 rings (SSSR count). The van der Waals surface area contributed by atoms with E-state index < -0.39 is 91.9 Å². The molecule has 13 heteroatoms. The van der Waals surface area contributed by atoms with Crippen LogP contribution in [-0.2, 0) is 9.47 Å². The van der Waals surface area contributed by atoms with Crippen LogP contribution in [0.5, 0.6) is 0 Å². The van der Waals surface area contributed by atoms with Crippen LogP contribution in [0.3, 0.4) is 0 Å². The Balaban J connectivity index is 1.67. The molecule has 0 bridgehead atoms. The van der Waals surface area contributed by atoms with E-state index in [-0.39, 0.29) is 13.0 Å². The van der Waals surface area contributed by atoms with Crippen molar-refractivity contribution in [3.63, 3.8) is 0 Å². The predicted molar refractivity (Wildman–Crippen MR) is 113 cm³/mol. The minimum absolute atomic E-state index is 0.0496.